The Bertz CT molecular complexity index is 1670. The van der Waals surface area contributed by atoms with Crippen LogP contribution in [0.5, 0.6) is 5.75 Å². The number of likely N-dealkylation sites (N-methyl/N-ethyl adjacent to an activating group) is 2. The second-order valence-electron chi connectivity index (χ2n) is 13.0. The van der Waals surface area contributed by atoms with Crippen molar-refractivity contribution in [2.45, 2.75) is 50.7 Å². The van der Waals surface area contributed by atoms with Crippen LogP contribution in [0, 0.1) is 17.0 Å². The summed E-state index contributed by atoms with van der Waals surface area (Å²) in [6.45, 7) is 5.55. The number of phenols is 1. The largest absolute Gasteiger partial charge is 0.595 e. The van der Waals surface area contributed by atoms with Gasteiger partial charge in [-0.1, -0.05) is 32.9 Å². The number of quaternary nitrogens is 1. The zero-order chi connectivity index (χ0) is 32.6. The lowest BCUT2D eigenvalue weighted by Gasteiger charge is -2.50. The van der Waals surface area contributed by atoms with Crippen LogP contribution in [0.1, 0.15) is 43.9 Å². The van der Waals surface area contributed by atoms with Crippen LogP contribution in [0.2, 0.25) is 0 Å². The Hall–Kier alpha value is -4.07. The van der Waals surface area contributed by atoms with Crippen LogP contribution >= 0.6 is 0 Å². The Morgan fingerprint density at radius 2 is 1.80 bits per heavy atom. The number of aromatic hydroxyl groups is 1. The lowest BCUT2D eigenvalue weighted by atomic mass is 9.57. The van der Waals surface area contributed by atoms with E-state index in [1.54, 1.807) is 32.3 Å². The van der Waals surface area contributed by atoms with Gasteiger partial charge in [0.15, 0.2) is 17.1 Å². The summed E-state index contributed by atoms with van der Waals surface area (Å²) in [6, 6.07) is 6.86. The van der Waals surface area contributed by atoms with Crippen LogP contribution in [-0.4, -0.2) is 80.8 Å². The molecule has 1 saturated carbocycles. The number of ketones is 2. The predicted molar refractivity (Wildman–Crippen MR) is 159 cm³/mol. The highest BCUT2D eigenvalue weighted by molar-refractivity contribution is 6.25. The number of rotatable bonds is 4. The third-order valence-electron chi connectivity index (χ3n) is 9.16. The van der Waals surface area contributed by atoms with Gasteiger partial charge in [-0.2, -0.15) is 5.23 Å². The number of aliphatic hydroxyl groups excluding tert-OH is 2. The molecule has 12 heteroatoms. The van der Waals surface area contributed by atoms with Crippen molar-refractivity contribution in [3.05, 3.63) is 69.1 Å². The van der Waals surface area contributed by atoms with Crippen LogP contribution in [0.25, 0.3) is 16.9 Å². The molecule has 2 aromatic carbocycles. The number of phenolic OH excluding ortho intramolecular Hbond substituents is 1. The first-order valence-corrected chi connectivity index (χ1v) is 14.3. The van der Waals surface area contributed by atoms with Crippen molar-refractivity contribution in [3.8, 4) is 16.9 Å². The van der Waals surface area contributed by atoms with Gasteiger partial charge in [0.25, 0.3) is 5.91 Å². The lowest BCUT2D eigenvalue weighted by Crippen LogP contribution is -2.99. The fraction of sp³-hybridized carbons (Fsp3) is 0.406. The van der Waals surface area contributed by atoms with Crippen molar-refractivity contribution < 1.29 is 45.2 Å². The average Bonchev–Trinajstić information content (AvgIpc) is 2.94. The first kappa shape index (κ1) is 31.4. The van der Waals surface area contributed by atoms with Crippen LogP contribution in [-0.2, 0) is 26.2 Å². The number of hydrogen-bond acceptors (Lipinski definition) is 10. The quantitative estimate of drug-likeness (QED) is 0.198. The summed E-state index contributed by atoms with van der Waals surface area (Å²) in [6.07, 6.45) is 0.0654. The number of hydrogen-bond donors (Lipinski definition) is 7. The fourth-order valence-corrected chi connectivity index (χ4v) is 7.07. The standard InChI is InChI=1S/C32H37N3O9/c1-31(2,3)20-13-17(14-8-7-9-16(10-14)35(43)44)18-11-15-12-19-24(34(5)6)27(38)23(30(41)33-4)29(40)32(19,42)28(39)21(15)26(37)22(18)25(20)36/h7-10,13,15,19,24,35-37,40,42-43H,11-12H2,1-6H3,(H,33,41)/t15-,19-,24-,32-/m0/s1. The molecule has 234 valence electrons. The van der Waals surface area contributed by atoms with E-state index in [1.807, 2.05) is 20.8 Å². The highest BCUT2D eigenvalue weighted by Crippen LogP contribution is 2.55. The molecular weight excluding hydrogens is 570 g/mol. The molecule has 0 radical (unpaired) electrons. The molecule has 0 spiro atoms. The number of carbonyl (C=O) groups is 3. The van der Waals surface area contributed by atoms with Gasteiger partial charge in [0.2, 0.25) is 5.78 Å². The minimum Gasteiger partial charge on any atom is -0.595 e. The average molecular weight is 608 g/mol. The second-order valence-corrected chi connectivity index (χ2v) is 13.0. The van der Waals surface area contributed by atoms with Gasteiger partial charge in [-0.25, -0.2) is 5.21 Å². The third kappa shape index (κ3) is 4.44. The molecule has 2 aromatic rings. The molecule has 7 N–H and O–H groups in total. The van der Waals surface area contributed by atoms with Crippen molar-refractivity contribution in [3.63, 3.8) is 0 Å². The van der Waals surface area contributed by atoms with Crippen LogP contribution in [0.15, 0.2) is 47.2 Å². The first-order valence-electron chi connectivity index (χ1n) is 14.3. The summed E-state index contributed by atoms with van der Waals surface area (Å²) in [5.74, 6) is -6.61. The molecule has 0 heterocycles. The normalized spacial score (nSPS) is 25.9. The van der Waals surface area contributed by atoms with Crippen molar-refractivity contribution in [1.29, 1.82) is 0 Å². The van der Waals surface area contributed by atoms with E-state index in [4.69, 9.17) is 0 Å². The molecule has 0 aliphatic heterocycles. The minimum atomic E-state index is -2.70. The topological polar surface area (TPSA) is 195 Å². The van der Waals surface area contributed by atoms with Crippen LogP contribution < -0.4 is 10.5 Å². The third-order valence-corrected chi connectivity index (χ3v) is 9.16. The van der Waals surface area contributed by atoms with Gasteiger partial charge >= 0.3 is 0 Å². The maximum absolute atomic E-state index is 14.3. The number of amides is 1. The molecule has 0 bridgehead atoms. The molecular formula is C32H37N3O9. The van der Waals surface area contributed by atoms with E-state index >= 15 is 0 Å². The Balaban J connectivity index is 1.81. The highest BCUT2D eigenvalue weighted by atomic mass is 16.8. The number of nitrogens with one attached hydrogen (secondary N) is 2. The van der Waals surface area contributed by atoms with Gasteiger partial charge in [0.1, 0.15) is 22.8 Å². The molecule has 1 fully saturated rings. The summed E-state index contributed by atoms with van der Waals surface area (Å²) in [5.41, 5.74) is -2.31. The van der Waals surface area contributed by atoms with E-state index in [2.05, 4.69) is 5.32 Å². The molecule has 1 unspecified atom stereocenters. The number of benzene rings is 2. The fourth-order valence-electron chi connectivity index (χ4n) is 7.07. The maximum atomic E-state index is 14.3. The summed E-state index contributed by atoms with van der Waals surface area (Å²) in [4.78, 5) is 42.0. The number of fused-ring (bicyclic) bond motifs is 3. The van der Waals surface area contributed by atoms with Gasteiger partial charge in [0, 0.05) is 36.2 Å². The summed E-state index contributed by atoms with van der Waals surface area (Å²) in [7, 11) is 4.38. The Labute approximate surface area is 254 Å². The van der Waals surface area contributed by atoms with Crippen molar-refractivity contribution >= 4 is 28.9 Å². The highest BCUT2D eigenvalue weighted by Gasteiger charge is 2.64. The van der Waals surface area contributed by atoms with Gasteiger partial charge < -0.3 is 31.0 Å². The maximum Gasteiger partial charge on any atom is 0.258 e. The zero-order valence-corrected chi connectivity index (χ0v) is 25.3. The van der Waals surface area contributed by atoms with E-state index in [-0.39, 0.29) is 35.4 Å². The molecule has 5 atom stereocenters. The number of carbonyl (C=O) groups excluding carboxylic acids is 3. The Kier molecular flexibility index (Phi) is 7.50. The molecule has 5 rings (SSSR count). The predicted octanol–water partition coefficient (Wildman–Crippen LogP) is 1.59. The van der Waals surface area contributed by atoms with Gasteiger partial charge in [-0.3, -0.25) is 19.3 Å². The van der Waals surface area contributed by atoms with Crippen molar-refractivity contribution in [2.24, 2.45) is 11.8 Å². The van der Waals surface area contributed by atoms with E-state index in [0.29, 0.717) is 22.3 Å². The van der Waals surface area contributed by atoms with Crippen molar-refractivity contribution in [2.75, 3.05) is 21.1 Å². The first-order chi connectivity index (χ1) is 20.5. The van der Waals surface area contributed by atoms with Crippen molar-refractivity contribution in [1.82, 2.24) is 10.2 Å². The SMILES string of the molecule is CNC(=O)C1=C(O)[C@@]2(O)C(=O)C3=C(O)c4c(O)c(C(C)(C)C)cc(-c5cccc([NH+]([O-])O)c5)c4C[C@H]3C[C@H]2[C@H](N(C)C)C1=O. The monoisotopic (exact) mass is 607 g/mol. The molecule has 44 heavy (non-hydrogen) atoms. The second kappa shape index (κ2) is 10.5. The van der Waals surface area contributed by atoms with E-state index in [9.17, 15) is 45.2 Å². The summed E-state index contributed by atoms with van der Waals surface area (Å²) >= 11 is 0. The molecule has 12 nitrogen and oxygen atoms in total. The Morgan fingerprint density at radius 1 is 1.14 bits per heavy atom. The lowest BCUT2D eigenvalue weighted by molar-refractivity contribution is -0.991. The smallest absolute Gasteiger partial charge is 0.258 e. The van der Waals surface area contributed by atoms with Gasteiger partial charge in [-0.05, 0) is 61.0 Å². The zero-order valence-electron chi connectivity index (χ0n) is 25.3. The number of aliphatic hydroxyl groups is 3. The molecule has 0 aromatic heterocycles. The van der Waals surface area contributed by atoms with Crippen LogP contribution in [0.4, 0.5) is 5.69 Å². The number of Topliss-reactive ketones (excluding diaryl/α,β-unsaturated/α-hetero) is 2. The van der Waals surface area contributed by atoms with Crippen LogP contribution in [0.3, 0.4) is 0 Å². The minimum absolute atomic E-state index is 0.0270. The molecule has 3 aliphatic rings. The summed E-state index contributed by atoms with van der Waals surface area (Å²) in [5, 5.41) is 69.1. The van der Waals surface area contributed by atoms with E-state index < -0.39 is 68.7 Å². The molecule has 3 aliphatic carbocycles. The van der Waals surface area contributed by atoms with E-state index in [0.717, 1.165) is 0 Å². The Morgan fingerprint density at radius 3 is 2.36 bits per heavy atom. The van der Waals surface area contributed by atoms with Gasteiger partial charge in [-0.15, -0.1) is 0 Å². The molecule has 1 amide bonds. The summed E-state index contributed by atoms with van der Waals surface area (Å²) < 4.78 is 0. The molecule has 0 saturated heterocycles. The number of nitrogens with zero attached hydrogens (tertiary/aromatic N) is 1. The van der Waals surface area contributed by atoms with Gasteiger partial charge in [0.05, 0.1) is 11.6 Å². The van der Waals surface area contributed by atoms with E-state index in [1.165, 1.54) is 24.1 Å².